The van der Waals surface area contributed by atoms with Gasteiger partial charge in [-0.1, -0.05) is 19.1 Å². The van der Waals surface area contributed by atoms with Gasteiger partial charge < -0.3 is 24.1 Å². The van der Waals surface area contributed by atoms with Crippen LogP contribution in [0.15, 0.2) is 24.3 Å². The van der Waals surface area contributed by atoms with Crippen LogP contribution in [0.4, 0.5) is 0 Å². The van der Waals surface area contributed by atoms with Crippen molar-refractivity contribution in [3.05, 3.63) is 46.8 Å². The zero-order valence-electron chi connectivity index (χ0n) is 16.0. The van der Waals surface area contributed by atoms with Gasteiger partial charge in [0.2, 0.25) is 0 Å². The average molecular weight is 372 g/mol. The molecule has 27 heavy (non-hydrogen) atoms. The van der Waals surface area contributed by atoms with E-state index in [2.05, 4.69) is 4.98 Å². The van der Waals surface area contributed by atoms with Crippen molar-refractivity contribution in [1.82, 2.24) is 9.88 Å². The zero-order valence-corrected chi connectivity index (χ0v) is 16.0. The Hall–Kier alpha value is -2.96. The normalized spacial score (nSPS) is 15.3. The van der Waals surface area contributed by atoms with Crippen LogP contribution in [-0.4, -0.2) is 55.2 Å². The Labute approximate surface area is 158 Å². The number of rotatable bonds is 5. The number of para-hydroxylation sites is 2. The number of nitrogens with one attached hydrogen (secondary N) is 1. The first-order valence-electron chi connectivity index (χ1n) is 8.89. The lowest BCUT2D eigenvalue weighted by Gasteiger charge is -2.29. The third kappa shape index (κ3) is 3.63. The molecular weight excluding hydrogens is 348 g/mol. The van der Waals surface area contributed by atoms with E-state index >= 15 is 0 Å². The molecule has 0 radical (unpaired) electrons. The highest BCUT2D eigenvalue weighted by Gasteiger charge is 2.28. The van der Waals surface area contributed by atoms with Gasteiger partial charge in [0.1, 0.15) is 12.3 Å². The molecule has 0 saturated heterocycles. The summed E-state index contributed by atoms with van der Waals surface area (Å²) in [7, 11) is 3.04. The van der Waals surface area contributed by atoms with Crippen molar-refractivity contribution in [3.63, 3.8) is 0 Å². The van der Waals surface area contributed by atoms with Crippen molar-refractivity contribution in [2.24, 2.45) is 0 Å². The number of fused-ring (bicyclic) bond motifs is 1. The standard InChI is InChI=1S/C20H24N2O5/c1-5-14-17(20(24)25-4)12(2)18(21-14)19(23)22(3)10-13-11-26-15-8-6-7-9-16(15)27-13/h6-9,13,21H,5,10-11H2,1-4H3/t13-/m1/s1. The van der Waals surface area contributed by atoms with E-state index in [1.54, 1.807) is 18.9 Å². The first-order chi connectivity index (χ1) is 13.0. The summed E-state index contributed by atoms with van der Waals surface area (Å²) in [5.41, 5.74) is 2.12. The number of amides is 1. The van der Waals surface area contributed by atoms with Crippen LogP contribution in [0.2, 0.25) is 0 Å². The molecule has 0 spiro atoms. The van der Waals surface area contributed by atoms with Gasteiger partial charge in [-0.15, -0.1) is 0 Å². The molecule has 7 heteroatoms. The third-order valence-electron chi connectivity index (χ3n) is 4.68. The second-order valence-corrected chi connectivity index (χ2v) is 6.51. The Morgan fingerprint density at radius 3 is 2.67 bits per heavy atom. The van der Waals surface area contributed by atoms with Crippen LogP contribution < -0.4 is 9.47 Å². The number of aryl methyl sites for hydroxylation is 1. The number of esters is 1. The van der Waals surface area contributed by atoms with Gasteiger partial charge in [-0.05, 0) is 31.0 Å². The summed E-state index contributed by atoms with van der Waals surface area (Å²) in [4.78, 5) is 29.6. The molecule has 2 aromatic rings. The minimum Gasteiger partial charge on any atom is -0.486 e. The SMILES string of the molecule is CCc1[nH]c(C(=O)N(C)C[C@@H]2COc3ccccc3O2)c(C)c1C(=O)OC. The lowest BCUT2D eigenvalue weighted by molar-refractivity contribution is 0.0517. The number of hydrogen-bond acceptors (Lipinski definition) is 5. The van der Waals surface area contributed by atoms with Crippen LogP contribution in [0, 0.1) is 6.92 Å². The molecule has 1 aromatic carbocycles. The number of ether oxygens (including phenoxy) is 3. The molecule has 3 rings (SSSR count). The van der Waals surface area contributed by atoms with Crippen LogP contribution in [0.25, 0.3) is 0 Å². The number of aromatic amines is 1. The molecule has 0 unspecified atom stereocenters. The van der Waals surface area contributed by atoms with Crippen molar-refractivity contribution >= 4 is 11.9 Å². The number of methoxy groups -OCH3 is 1. The van der Waals surface area contributed by atoms with Gasteiger partial charge in [-0.25, -0.2) is 4.79 Å². The maximum absolute atomic E-state index is 12.9. The quantitative estimate of drug-likeness (QED) is 0.816. The maximum atomic E-state index is 12.9. The summed E-state index contributed by atoms with van der Waals surface area (Å²) in [5, 5.41) is 0. The summed E-state index contributed by atoms with van der Waals surface area (Å²) in [5.74, 6) is 0.730. The second-order valence-electron chi connectivity index (χ2n) is 6.51. The minimum absolute atomic E-state index is 0.209. The van der Waals surface area contributed by atoms with Gasteiger partial charge >= 0.3 is 5.97 Å². The molecule has 1 aromatic heterocycles. The number of likely N-dealkylation sites (N-methyl/N-ethyl adjacent to an activating group) is 1. The highest BCUT2D eigenvalue weighted by Crippen LogP contribution is 2.31. The lowest BCUT2D eigenvalue weighted by atomic mass is 10.1. The zero-order chi connectivity index (χ0) is 19.6. The highest BCUT2D eigenvalue weighted by atomic mass is 16.6. The molecular formula is C20H24N2O5. The molecule has 2 heterocycles. The summed E-state index contributed by atoms with van der Waals surface area (Å²) in [6.07, 6.45) is 0.327. The number of carbonyl (C=O) groups is 2. The van der Waals surface area contributed by atoms with E-state index in [0.29, 0.717) is 53.6 Å². The average Bonchev–Trinajstić information content (AvgIpc) is 3.02. The Kier molecular flexibility index (Phi) is 5.39. The summed E-state index contributed by atoms with van der Waals surface area (Å²) in [6.45, 7) is 4.40. The third-order valence-corrected chi connectivity index (χ3v) is 4.68. The number of aromatic nitrogens is 1. The highest BCUT2D eigenvalue weighted by molar-refractivity contribution is 6.00. The van der Waals surface area contributed by atoms with Crippen molar-refractivity contribution in [1.29, 1.82) is 0 Å². The fraction of sp³-hybridized carbons (Fsp3) is 0.400. The number of H-pyrrole nitrogens is 1. The van der Waals surface area contributed by atoms with Gasteiger partial charge in [0, 0.05) is 12.7 Å². The molecule has 0 fully saturated rings. The van der Waals surface area contributed by atoms with E-state index in [0.717, 1.165) is 0 Å². The maximum Gasteiger partial charge on any atom is 0.339 e. The smallest absolute Gasteiger partial charge is 0.339 e. The van der Waals surface area contributed by atoms with Crippen molar-refractivity contribution in [2.45, 2.75) is 26.4 Å². The monoisotopic (exact) mass is 372 g/mol. The van der Waals surface area contributed by atoms with Gasteiger partial charge in [0.15, 0.2) is 17.6 Å². The first-order valence-corrected chi connectivity index (χ1v) is 8.89. The Bertz CT molecular complexity index is 858. The number of benzene rings is 1. The molecule has 1 amide bonds. The van der Waals surface area contributed by atoms with Gasteiger partial charge in [-0.2, -0.15) is 0 Å². The van der Waals surface area contributed by atoms with Crippen LogP contribution in [0.5, 0.6) is 11.5 Å². The van der Waals surface area contributed by atoms with Crippen LogP contribution in [-0.2, 0) is 11.2 Å². The predicted octanol–water partition coefficient (Wildman–Crippen LogP) is 2.58. The molecule has 0 aliphatic carbocycles. The number of carbonyl (C=O) groups excluding carboxylic acids is 2. The first kappa shape index (κ1) is 18.8. The van der Waals surface area contributed by atoms with Crippen molar-refractivity contribution in [2.75, 3.05) is 27.3 Å². The van der Waals surface area contributed by atoms with E-state index in [1.807, 2.05) is 31.2 Å². The van der Waals surface area contributed by atoms with Gasteiger partial charge in [0.25, 0.3) is 5.91 Å². The lowest BCUT2D eigenvalue weighted by Crippen LogP contribution is -2.42. The topological polar surface area (TPSA) is 80.9 Å². The van der Waals surface area contributed by atoms with Crippen molar-refractivity contribution in [3.8, 4) is 11.5 Å². The van der Waals surface area contributed by atoms with Crippen LogP contribution in [0.3, 0.4) is 0 Å². The minimum atomic E-state index is -0.442. The molecule has 144 valence electrons. The Morgan fingerprint density at radius 1 is 1.30 bits per heavy atom. The van der Waals surface area contributed by atoms with Crippen LogP contribution in [0.1, 0.15) is 39.0 Å². The van der Waals surface area contributed by atoms with Gasteiger partial charge in [0.05, 0.1) is 19.2 Å². The van der Waals surface area contributed by atoms with Gasteiger partial charge in [-0.3, -0.25) is 4.79 Å². The predicted molar refractivity (Wildman–Crippen MR) is 99.6 cm³/mol. The Morgan fingerprint density at radius 2 is 2.00 bits per heavy atom. The molecule has 0 bridgehead atoms. The fourth-order valence-electron chi connectivity index (χ4n) is 3.25. The molecule has 1 aliphatic heterocycles. The molecule has 0 saturated carbocycles. The van der Waals surface area contributed by atoms with Crippen LogP contribution >= 0.6 is 0 Å². The van der Waals surface area contributed by atoms with E-state index < -0.39 is 5.97 Å². The summed E-state index contributed by atoms with van der Waals surface area (Å²) < 4.78 is 16.5. The molecule has 1 atom stereocenters. The summed E-state index contributed by atoms with van der Waals surface area (Å²) >= 11 is 0. The summed E-state index contributed by atoms with van der Waals surface area (Å²) in [6, 6.07) is 7.46. The number of nitrogens with zero attached hydrogens (tertiary/aromatic N) is 1. The number of hydrogen-bond donors (Lipinski definition) is 1. The molecule has 1 aliphatic rings. The largest absolute Gasteiger partial charge is 0.486 e. The molecule has 1 N–H and O–H groups in total. The second kappa shape index (κ2) is 7.73. The fourth-order valence-corrected chi connectivity index (χ4v) is 3.25. The van der Waals surface area contributed by atoms with E-state index in [1.165, 1.54) is 7.11 Å². The van der Waals surface area contributed by atoms with E-state index in [9.17, 15) is 9.59 Å². The Balaban J connectivity index is 1.75. The van der Waals surface area contributed by atoms with E-state index in [4.69, 9.17) is 14.2 Å². The van der Waals surface area contributed by atoms with E-state index in [-0.39, 0.29) is 12.0 Å². The van der Waals surface area contributed by atoms with Crippen molar-refractivity contribution < 1.29 is 23.8 Å². The molecule has 7 nitrogen and oxygen atoms in total.